The van der Waals surface area contributed by atoms with E-state index in [1.807, 2.05) is 25.1 Å². The van der Waals surface area contributed by atoms with Crippen molar-refractivity contribution in [3.63, 3.8) is 0 Å². The first-order chi connectivity index (χ1) is 10.2. The molecule has 108 valence electrons. The van der Waals surface area contributed by atoms with Crippen molar-refractivity contribution in [2.45, 2.75) is 6.92 Å². The van der Waals surface area contributed by atoms with Crippen LogP contribution >= 0.6 is 11.3 Å². The zero-order chi connectivity index (χ0) is 14.8. The zero-order valence-corrected chi connectivity index (χ0v) is 12.5. The molecule has 1 N–H and O–H groups in total. The van der Waals surface area contributed by atoms with Crippen LogP contribution in [0.2, 0.25) is 0 Å². The van der Waals surface area contributed by atoms with E-state index < -0.39 is 0 Å². The number of benzene rings is 1. The van der Waals surface area contributed by atoms with Crippen LogP contribution < -0.4 is 10.1 Å². The third-order valence-corrected chi connectivity index (χ3v) is 3.88. The summed E-state index contributed by atoms with van der Waals surface area (Å²) in [5.74, 6) is 0.581. The predicted molar refractivity (Wildman–Crippen MR) is 82.0 cm³/mol. The van der Waals surface area contributed by atoms with E-state index in [2.05, 4.69) is 15.4 Å². The average molecular weight is 302 g/mol. The second kappa shape index (κ2) is 5.53. The molecule has 3 rings (SSSR count). The molecule has 1 amide bonds. The van der Waals surface area contributed by atoms with E-state index in [1.165, 1.54) is 16.0 Å². The first-order valence-electron chi connectivity index (χ1n) is 6.50. The van der Waals surface area contributed by atoms with Crippen LogP contribution in [0, 0.1) is 0 Å². The largest absolute Gasteiger partial charge is 0.494 e. The molecular formula is C14H14N4O2S. The molecule has 6 nitrogen and oxygen atoms in total. The van der Waals surface area contributed by atoms with Gasteiger partial charge in [0.2, 0.25) is 0 Å². The van der Waals surface area contributed by atoms with Crippen molar-refractivity contribution in [2.24, 2.45) is 7.05 Å². The van der Waals surface area contributed by atoms with Gasteiger partial charge in [-0.1, -0.05) is 11.3 Å². The fourth-order valence-electron chi connectivity index (χ4n) is 1.97. The lowest BCUT2D eigenvalue weighted by Crippen LogP contribution is -2.15. The van der Waals surface area contributed by atoms with Gasteiger partial charge in [-0.15, -0.1) is 0 Å². The monoisotopic (exact) mass is 302 g/mol. The Balaban J connectivity index is 1.84. The third kappa shape index (κ3) is 2.73. The van der Waals surface area contributed by atoms with E-state index in [0.29, 0.717) is 17.4 Å². The highest BCUT2D eigenvalue weighted by Crippen LogP contribution is 2.29. The molecule has 0 fully saturated rings. The fraction of sp³-hybridized carbons (Fsp3) is 0.214. The highest BCUT2D eigenvalue weighted by atomic mass is 32.1. The van der Waals surface area contributed by atoms with E-state index in [9.17, 15) is 4.79 Å². The summed E-state index contributed by atoms with van der Waals surface area (Å²) in [6.45, 7) is 2.56. The van der Waals surface area contributed by atoms with Gasteiger partial charge in [-0.25, -0.2) is 4.98 Å². The Labute approximate surface area is 125 Å². The molecule has 0 aliphatic rings. The van der Waals surface area contributed by atoms with Crippen molar-refractivity contribution in [3.8, 4) is 5.75 Å². The van der Waals surface area contributed by atoms with Gasteiger partial charge in [-0.3, -0.25) is 14.8 Å². The number of carbonyl (C=O) groups is 1. The number of nitrogens with zero attached hydrogens (tertiary/aromatic N) is 3. The van der Waals surface area contributed by atoms with Crippen LogP contribution in [0.3, 0.4) is 0 Å². The molecule has 2 heterocycles. The molecule has 0 aliphatic heterocycles. The number of fused-ring (bicyclic) bond motifs is 1. The normalized spacial score (nSPS) is 10.8. The van der Waals surface area contributed by atoms with Gasteiger partial charge in [0.15, 0.2) is 5.13 Å². The Morgan fingerprint density at radius 3 is 3.00 bits per heavy atom. The Morgan fingerprint density at radius 1 is 1.43 bits per heavy atom. The van der Waals surface area contributed by atoms with Gasteiger partial charge in [0, 0.05) is 13.2 Å². The molecule has 3 aromatic rings. The molecule has 21 heavy (non-hydrogen) atoms. The Bertz CT molecular complexity index is 793. The van der Waals surface area contributed by atoms with Crippen molar-refractivity contribution in [1.29, 1.82) is 0 Å². The molecular weight excluding hydrogens is 288 g/mol. The first-order valence-corrected chi connectivity index (χ1v) is 7.32. The number of hydrogen-bond donors (Lipinski definition) is 1. The van der Waals surface area contributed by atoms with Gasteiger partial charge in [-0.05, 0) is 31.2 Å². The Hall–Kier alpha value is -2.41. The van der Waals surface area contributed by atoms with Crippen LogP contribution in [0.4, 0.5) is 5.13 Å². The third-order valence-electron chi connectivity index (χ3n) is 2.94. The van der Waals surface area contributed by atoms with Crippen LogP contribution in [0.15, 0.2) is 30.5 Å². The van der Waals surface area contributed by atoms with Gasteiger partial charge < -0.3 is 4.74 Å². The van der Waals surface area contributed by atoms with Crippen LogP contribution in [-0.2, 0) is 7.05 Å². The summed E-state index contributed by atoms with van der Waals surface area (Å²) in [5.41, 5.74) is 1.33. The van der Waals surface area contributed by atoms with Gasteiger partial charge >= 0.3 is 0 Å². The summed E-state index contributed by atoms with van der Waals surface area (Å²) < 4.78 is 7.96. The van der Waals surface area contributed by atoms with E-state index in [0.717, 1.165) is 16.0 Å². The second-order valence-electron chi connectivity index (χ2n) is 4.38. The summed E-state index contributed by atoms with van der Waals surface area (Å²) in [5, 5.41) is 7.33. The standard InChI is InChI=1S/C14H14N4O2S/c1-3-20-9-4-5-10-12(8-9)21-14(16-10)17-13(19)11-6-7-15-18(11)2/h4-8H,3H2,1-2H3,(H,16,17,19). The second-order valence-corrected chi connectivity index (χ2v) is 5.41. The molecule has 7 heteroatoms. The van der Waals surface area contributed by atoms with Gasteiger partial charge in [0.25, 0.3) is 5.91 Å². The van der Waals surface area contributed by atoms with Crippen LogP contribution in [0.5, 0.6) is 5.75 Å². The van der Waals surface area contributed by atoms with Crippen molar-refractivity contribution < 1.29 is 9.53 Å². The quantitative estimate of drug-likeness (QED) is 0.804. The molecule has 0 aliphatic carbocycles. The summed E-state index contributed by atoms with van der Waals surface area (Å²) in [4.78, 5) is 16.5. The minimum atomic E-state index is -0.223. The number of aryl methyl sites for hydroxylation is 1. The van der Waals surface area contributed by atoms with Crippen LogP contribution in [0.25, 0.3) is 10.2 Å². The SMILES string of the molecule is CCOc1ccc2nc(NC(=O)c3ccnn3C)sc2c1. The minimum Gasteiger partial charge on any atom is -0.494 e. The minimum absolute atomic E-state index is 0.223. The average Bonchev–Trinajstić information content (AvgIpc) is 3.04. The maximum absolute atomic E-state index is 12.1. The summed E-state index contributed by atoms with van der Waals surface area (Å²) in [6, 6.07) is 7.35. The lowest BCUT2D eigenvalue weighted by molar-refractivity contribution is 0.101. The molecule has 0 bridgehead atoms. The summed E-state index contributed by atoms with van der Waals surface area (Å²) >= 11 is 1.42. The number of carbonyl (C=O) groups excluding carboxylic acids is 1. The van der Waals surface area contributed by atoms with E-state index in [1.54, 1.807) is 19.3 Å². The van der Waals surface area contributed by atoms with Crippen LogP contribution in [0.1, 0.15) is 17.4 Å². The lowest BCUT2D eigenvalue weighted by atomic mass is 10.3. The molecule has 0 saturated carbocycles. The van der Waals surface area contributed by atoms with E-state index >= 15 is 0 Å². The number of anilines is 1. The fourth-order valence-corrected chi connectivity index (χ4v) is 2.86. The molecule has 0 atom stereocenters. The summed E-state index contributed by atoms with van der Waals surface area (Å²) in [6.07, 6.45) is 1.58. The predicted octanol–water partition coefficient (Wildman–Crippen LogP) is 2.68. The summed E-state index contributed by atoms with van der Waals surface area (Å²) in [7, 11) is 1.72. The van der Waals surface area contributed by atoms with Gasteiger partial charge in [0.05, 0.1) is 16.8 Å². The van der Waals surface area contributed by atoms with Crippen LogP contribution in [-0.4, -0.2) is 27.3 Å². The molecule has 2 aromatic heterocycles. The Kier molecular flexibility index (Phi) is 3.57. The van der Waals surface area contributed by atoms with Crippen molar-refractivity contribution >= 4 is 32.6 Å². The van der Waals surface area contributed by atoms with Gasteiger partial charge in [0.1, 0.15) is 11.4 Å². The zero-order valence-electron chi connectivity index (χ0n) is 11.7. The highest BCUT2D eigenvalue weighted by molar-refractivity contribution is 7.22. The molecule has 0 unspecified atom stereocenters. The molecule has 0 spiro atoms. The number of ether oxygens (including phenoxy) is 1. The van der Waals surface area contributed by atoms with E-state index in [4.69, 9.17) is 4.74 Å². The lowest BCUT2D eigenvalue weighted by Gasteiger charge is -2.00. The number of rotatable bonds is 4. The number of nitrogens with one attached hydrogen (secondary N) is 1. The Morgan fingerprint density at radius 2 is 2.29 bits per heavy atom. The molecule has 0 saturated heterocycles. The maximum atomic E-state index is 12.1. The molecule has 0 radical (unpaired) electrons. The number of aromatic nitrogens is 3. The van der Waals surface area contributed by atoms with Crippen molar-refractivity contribution in [3.05, 3.63) is 36.2 Å². The maximum Gasteiger partial charge on any atom is 0.275 e. The van der Waals surface area contributed by atoms with Gasteiger partial charge in [-0.2, -0.15) is 5.10 Å². The number of hydrogen-bond acceptors (Lipinski definition) is 5. The van der Waals surface area contributed by atoms with Crippen molar-refractivity contribution in [2.75, 3.05) is 11.9 Å². The topological polar surface area (TPSA) is 69.0 Å². The first kappa shape index (κ1) is 13.6. The molecule has 1 aromatic carbocycles. The smallest absolute Gasteiger partial charge is 0.275 e. The highest BCUT2D eigenvalue weighted by Gasteiger charge is 2.13. The number of amides is 1. The van der Waals surface area contributed by atoms with Crippen molar-refractivity contribution in [1.82, 2.24) is 14.8 Å². The van der Waals surface area contributed by atoms with E-state index in [-0.39, 0.29) is 5.91 Å². The number of thiazole rings is 1.